The third-order valence-electron chi connectivity index (χ3n) is 2.06. The lowest BCUT2D eigenvalue weighted by molar-refractivity contribution is 0.0983. The highest BCUT2D eigenvalue weighted by molar-refractivity contribution is 6.02. The van der Waals surface area contributed by atoms with Crippen molar-refractivity contribution in [3.8, 4) is 0 Å². The van der Waals surface area contributed by atoms with E-state index in [4.69, 9.17) is 0 Å². The molecule has 1 amide bonds. The summed E-state index contributed by atoms with van der Waals surface area (Å²) in [5.41, 5.74) is 0.552. The van der Waals surface area contributed by atoms with Crippen LogP contribution >= 0.6 is 0 Å². The van der Waals surface area contributed by atoms with Gasteiger partial charge >= 0.3 is 0 Å². The van der Waals surface area contributed by atoms with Crippen LogP contribution < -0.4 is 4.90 Å². The summed E-state index contributed by atoms with van der Waals surface area (Å²) >= 11 is 0. The van der Waals surface area contributed by atoms with E-state index in [1.165, 1.54) is 29.2 Å². The molecule has 1 aromatic heterocycles. The molecule has 0 bridgehead atoms. The molecule has 1 heterocycles. The Labute approximate surface area is 90.1 Å². The molecule has 6 nitrogen and oxygen atoms in total. The highest BCUT2D eigenvalue weighted by Gasteiger charge is 2.17. The van der Waals surface area contributed by atoms with Gasteiger partial charge in [0, 0.05) is 12.7 Å². The van der Waals surface area contributed by atoms with Crippen LogP contribution in [0.1, 0.15) is 10.6 Å². The zero-order valence-corrected chi connectivity index (χ0v) is 8.38. The fourth-order valence-corrected chi connectivity index (χ4v) is 1.18. The summed E-state index contributed by atoms with van der Waals surface area (Å²) in [6, 6.07) is 5.53. The van der Waals surface area contributed by atoms with Gasteiger partial charge in [0.2, 0.25) is 0 Å². The Hall–Kier alpha value is -2.31. The predicted molar refractivity (Wildman–Crippen MR) is 53.3 cm³/mol. The van der Waals surface area contributed by atoms with Crippen LogP contribution in [-0.2, 0) is 0 Å². The molecule has 2 rings (SSSR count). The molecule has 0 aliphatic rings. The molecule has 0 saturated carbocycles. The molecular weight excluding hydrogens is 213 g/mol. The molecule has 0 spiro atoms. The minimum atomic E-state index is -0.416. The van der Waals surface area contributed by atoms with Crippen LogP contribution in [0, 0.1) is 5.82 Å². The molecule has 82 valence electrons. The molecule has 7 heteroatoms. The van der Waals surface area contributed by atoms with E-state index >= 15 is 0 Å². The maximum Gasteiger partial charge on any atom is 0.299 e. The lowest BCUT2D eigenvalue weighted by Crippen LogP contribution is -2.27. The lowest BCUT2D eigenvalue weighted by atomic mass is 10.3. The molecular formula is C9H8FN5O. The van der Waals surface area contributed by atoms with Crippen LogP contribution in [-0.4, -0.2) is 33.6 Å². The maximum atomic E-state index is 12.7. The number of carbonyl (C=O) groups excluding carboxylic acids is 1. The lowest BCUT2D eigenvalue weighted by Gasteiger charge is -2.14. The second-order valence-electron chi connectivity index (χ2n) is 3.08. The Bertz CT molecular complexity index is 481. The molecule has 0 atom stereocenters. The van der Waals surface area contributed by atoms with Crippen LogP contribution in [0.4, 0.5) is 10.1 Å². The quantitative estimate of drug-likeness (QED) is 0.806. The number of H-pyrrole nitrogens is 1. The molecule has 1 aromatic carbocycles. The summed E-state index contributed by atoms with van der Waals surface area (Å²) in [5.74, 6) is -0.809. The summed E-state index contributed by atoms with van der Waals surface area (Å²) < 4.78 is 12.7. The number of rotatable bonds is 2. The van der Waals surface area contributed by atoms with Crippen molar-refractivity contribution in [2.75, 3.05) is 11.9 Å². The number of amides is 1. The van der Waals surface area contributed by atoms with Gasteiger partial charge in [-0.1, -0.05) is 0 Å². The summed E-state index contributed by atoms with van der Waals surface area (Å²) in [5, 5.41) is 12.6. The van der Waals surface area contributed by atoms with E-state index in [0.29, 0.717) is 5.69 Å². The number of anilines is 1. The van der Waals surface area contributed by atoms with Crippen molar-refractivity contribution in [1.82, 2.24) is 20.6 Å². The van der Waals surface area contributed by atoms with Crippen molar-refractivity contribution in [2.45, 2.75) is 0 Å². The van der Waals surface area contributed by atoms with Crippen molar-refractivity contribution < 1.29 is 9.18 Å². The van der Waals surface area contributed by atoms with Gasteiger partial charge in [0.1, 0.15) is 5.82 Å². The van der Waals surface area contributed by atoms with Gasteiger partial charge in [-0.3, -0.25) is 4.79 Å². The molecule has 0 saturated heterocycles. The smallest absolute Gasteiger partial charge is 0.299 e. The molecule has 0 radical (unpaired) electrons. The number of nitrogens with zero attached hydrogens (tertiary/aromatic N) is 4. The Morgan fingerprint density at radius 3 is 2.62 bits per heavy atom. The first-order chi connectivity index (χ1) is 7.68. The first-order valence-corrected chi connectivity index (χ1v) is 4.45. The number of tetrazole rings is 1. The molecule has 2 aromatic rings. The molecule has 16 heavy (non-hydrogen) atoms. The first kappa shape index (κ1) is 10.2. The third kappa shape index (κ3) is 1.88. The van der Waals surface area contributed by atoms with E-state index in [2.05, 4.69) is 20.6 Å². The molecule has 0 aliphatic heterocycles. The fourth-order valence-electron chi connectivity index (χ4n) is 1.18. The van der Waals surface area contributed by atoms with E-state index in [1.54, 1.807) is 7.05 Å². The van der Waals surface area contributed by atoms with Gasteiger partial charge in [0.15, 0.2) is 0 Å². The van der Waals surface area contributed by atoms with Gasteiger partial charge in [-0.15, -0.1) is 10.2 Å². The van der Waals surface area contributed by atoms with Crippen LogP contribution in [0.3, 0.4) is 0 Å². The van der Waals surface area contributed by atoms with Gasteiger partial charge in [-0.25, -0.2) is 4.39 Å². The minimum absolute atomic E-state index is 0.0353. The van der Waals surface area contributed by atoms with Crippen molar-refractivity contribution in [3.63, 3.8) is 0 Å². The van der Waals surface area contributed by atoms with Gasteiger partial charge in [-0.05, 0) is 29.5 Å². The largest absolute Gasteiger partial charge is 0.309 e. The Kier molecular flexibility index (Phi) is 2.59. The Morgan fingerprint density at radius 1 is 1.38 bits per heavy atom. The summed E-state index contributed by atoms with van der Waals surface area (Å²) in [4.78, 5) is 13.0. The minimum Gasteiger partial charge on any atom is -0.309 e. The SMILES string of the molecule is CN(C(=O)c1nn[nH]n1)c1ccc(F)cc1. The first-order valence-electron chi connectivity index (χ1n) is 4.45. The average molecular weight is 221 g/mol. The van der Waals surface area contributed by atoms with Crippen molar-refractivity contribution >= 4 is 11.6 Å². The standard InChI is InChI=1S/C9H8FN5O/c1-15(7-4-2-6(10)3-5-7)9(16)8-11-13-14-12-8/h2-5H,1H3,(H,11,12,13,14). The Morgan fingerprint density at radius 2 is 2.06 bits per heavy atom. The van der Waals surface area contributed by atoms with Crippen molar-refractivity contribution in [1.29, 1.82) is 0 Å². The fraction of sp³-hybridized carbons (Fsp3) is 0.111. The zero-order valence-electron chi connectivity index (χ0n) is 8.38. The monoisotopic (exact) mass is 221 g/mol. The van der Waals surface area contributed by atoms with E-state index < -0.39 is 5.91 Å². The van der Waals surface area contributed by atoms with Crippen LogP contribution in [0.5, 0.6) is 0 Å². The number of hydrogen-bond donors (Lipinski definition) is 1. The number of benzene rings is 1. The number of aromatic amines is 1. The topological polar surface area (TPSA) is 74.8 Å². The summed E-state index contributed by atoms with van der Waals surface area (Å²) in [7, 11) is 1.55. The second-order valence-corrected chi connectivity index (χ2v) is 3.08. The van der Waals surface area contributed by atoms with Gasteiger partial charge in [0.05, 0.1) is 0 Å². The molecule has 0 aliphatic carbocycles. The Balaban J connectivity index is 2.22. The van der Waals surface area contributed by atoms with Crippen LogP contribution in [0.2, 0.25) is 0 Å². The highest BCUT2D eigenvalue weighted by Crippen LogP contribution is 2.14. The van der Waals surface area contributed by atoms with E-state index in [9.17, 15) is 9.18 Å². The number of aromatic nitrogens is 4. The summed E-state index contributed by atoms with van der Waals surface area (Å²) in [6.45, 7) is 0. The van der Waals surface area contributed by atoms with Crippen LogP contribution in [0.25, 0.3) is 0 Å². The molecule has 0 unspecified atom stereocenters. The van der Waals surface area contributed by atoms with E-state index in [0.717, 1.165) is 0 Å². The van der Waals surface area contributed by atoms with Crippen molar-refractivity contribution in [3.05, 3.63) is 35.9 Å². The van der Waals surface area contributed by atoms with Gasteiger partial charge in [0.25, 0.3) is 11.7 Å². The number of carbonyl (C=O) groups is 1. The number of halogens is 1. The average Bonchev–Trinajstić information content (AvgIpc) is 2.81. The number of hydrogen-bond acceptors (Lipinski definition) is 4. The van der Waals surface area contributed by atoms with Gasteiger partial charge < -0.3 is 4.90 Å². The predicted octanol–water partition coefficient (Wildman–Crippen LogP) is 0.615. The molecule has 1 N–H and O–H groups in total. The van der Waals surface area contributed by atoms with Crippen molar-refractivity contribution in [2.24, 2.45) is 0 Å². The second kappa shape index (κ2) is 4.05. The maximum absolute atomic E-state index is 12.7. The van der Waals surface area contributed by atoms with Crippen LogP contribution in [0.15, 0.2) is 24.3 Å². The zero-order chi connectivity index (χ0) is 11.5. The van der Waals surface area contributed by atoms with E-state index in [-0.39, 0.29) is 11.6 Å². The van der Waals surface area contributed by atoms with E-state index in [1.807, 2.05) is 0 Å². The number of nitrogens with one attached hydrogen (secondary N) is 1. The normalized spacial score (nSPS) is 10.1. The third-order valence-corrected chi connectivity index (χ3v) is 2.06. The van der Waals surface area contributed by atoms with Gasteiger partial charge in [-0.2, -0.15) is 5.21 Å². The molecule has 0 fully saturated rings. The summed E-state index contributed by atoms with van der Waals surface area (Å²) in [6.07, 6.45) is 0. The highest BCUT2D eigenvalue weighted by atomic mass is 19.1.